The normalized spacial score (nSPS) is 11.2. The quantitative estimate of drug-likeness (QED) is 0.676. The van der Waals surface area contributed by atoms with Crippen LogP contribution in [0.2, 0.25) is 0 Å². The number of methoxy groups -OCH3 is 1. The fraction of sp³-hybridized carbons (Fsp3) is 0.400. The summed E-state index contributed by atoms with van der Waals surface area (Å²) in [4.78, 5) is 11.1. The van der Waals surface area contributed by atoms with Crippen molar-refractivity contribution in [2.24, 2.45) is 5.10 Å². The van der Waals surface area contributed by atoms with Crippen LogP contribution in [0.5, 0.6) is 5.75 Å². The second-order valence-electron chi connectivity index (χ2n) is 5.34. The summed E-state index contributed by atoms with van der Waals surface area (Å²) in [5, 5.41) is 12.2. The number of ether oxygens (including phenoxy) is 1. The first-order chi connectivity index (χ1) is 9.38. The van der Waals surface area contributed by atoms with Crippen LogP contribution in [0.1, 0.15) is 38.3 Å². The van der Waals surface area contributed by atoms with Crippen LogP contribution in [-0.4, -0.2) is 19.2 Å². The van der Waals surface area contributed by atoms with Gasteiger partial charge in [0.15, 0.2) is 0 Å². The topological polar surface area (TPSA) is 74.5 Å². The third-order valence-electron chi connectivity index (χ3n) is 2.67. The number of hydrazone groups is 1. The van der Waals surface area contributed by atoms with Crippen LogP contribution in [0.4, 0.5) is 0 Å². The lowest BCUT2D eigenvalue weighted by Crippen LogP contribution is -2.16. The molecule has 0 saturated heterocycles. The molecule has 0 aliphatic rings. The molecular formula is C15H19N3O2. The maximum absolute atomic E-state index is 11.1. The smallest absolute Gasteiger partial charge is 0.254 e. The van der Waals surface area contributed by atoms with E-state index in [0.29, 0.717) is 0 Å². The zero-order chi connectivity index (χ0) is 15.2. The van der Waals surface area contributed by atoms with Crippen molar-refractivity contribution in [3.63, 3.8) is 0 Å². The number of nitrogens with one attached hydrogen (secondary N) is 1. The minimum absolute atomic E-state index is 0.0563. The Bertz CT molecular complexity index is 551. The van der Waals surface area contributed by atoms with Crippen LogP contribution in [0.3, 0.4) is 0 Å². The van der Waals surface area contributed by atoms with E-state index in [9.17, 15) is 4.79 Å². The van der Waals surface area contributed by atoms with E-state index in [-0.39, 0.29) is 11.8 Å². The molecule has 1 amide bonds. The summed E-state index contributed by atoms with van der Waals surface area (Å²) >= 11 is 0. The van der Waals surface area contributed by atoms with E-state index in [4.69, 9.17) is 10.00 Å². The zero-order valence-electron chi connectivity index (χ0n) is 12.2. The molecule has 0 aromatic heterocycles. The molecule has 0 saturated carbocycles. The van der Waals surface area contributed by atoms with E-state index < -0.39 is 5.91 Å². The van der Waals surface area contributed by atoms with Gasteiger partial charge < -0.3 is 4.74 Å². The number of carbonyl (C=O) groups is 1. The summed E-state index contributed by atoms with van der Waals surface area (Å²) in [5.41, 5.74) is 4.16. The van der Waals surface area contributed by atoms with Crippen molar-refractivity contribution in [3.05, 3.63) is 29.3 Å². The Balaban J connectivity index is 2.91. The average Bonchev–Trinajstić information content (AvgIpc) is 2.38. The Morgan fingerprint density at radius 1 is 1.50 bits per heavy atom. The maximum Gasteiger partial charge on any atom is 0.254 e. The third kappa shape index (κ3) is 4.39. The van der Waals surface area contributed by atoms with Gasteiger partial charge in [0.2, 0.25) is 0 Å². The van der Waals surface area contributed by atoms with Crippen LogP contribution < -0.4 is 10.2 Å². The number of nitrogens with zero attached hydrogens (tertiary/aromatic N) is 2. The summed E-state index contributed by atoms with van der Waals surface area (Å²) in [7, 11) is 1.64. The van der Waals surface area contributed by atoms with Gasteiger partial charge in [-0.05, 0) is 29.2 Å². The molecule has 0 aliphatic carbocycles. The molecule has 0 fully saturated rings. The number of hydrogen-bond donors (Lipinski definition) is 1. The number of rotatable bonds is 4. The molecular weight excluding hydrogens is 254 g/mol. The molecule has 1 N–H and O–H groups in total. The summed E-state index contributed by atoms with van der Waals surface area (Å²) in [6.07, 6.45) is 1.34. The van der Waals surface area contributed by atoms with Crippen molar-refractivity contribution in [2.75, 3.05) is 7.11 Å². The van der Waals surface area contributed by atoms with E-state index in [1.165, 1.54) is 0 Å². The van der Waals surface area contributed by atoms with Crippen LogP contribution >= 0.6 is 0 Å². The van der Waals surface area contributed by atoms with Gasteiger partial charge in [-0.2, -0.15) is 10.4 Å². The van der Waals surface area contributed by atoms with Gasteiger partial charge in [0.25, 0.3) is 5.91 Å². The second kappa shape index (κ2) is 6.71. The van der Waals surface area contributed by atoms with Gasteiger partial charge in [-0.1, -0.05) is 20.8 Å². The molecule has 106 valence electrons. The minimum Gasteiger partial charge on any atom is -0.496 e. The Labute approximate surface area is 119 Å². The van der Waals surface area contributed by atoms with E-state index in [1.807, 2.05) is 18.2 Å². The standard InChI is InChI=1S/C15H19N3O2/c1-15(2,3)12-9-11(5-6-13(12)20-4)10-17-18-14(19)7-8-16/h5-6,9-10H,7H2,1-4H3,(H,18,19). The molecule has 1 aromatic rings. The van der Waals surface area contributed by atoms with E-state index >= 15 is 0 Å². The van der Waals surface area contributed by atoms with Gasteiger partial charge in [-0.15, -0.1) is 0 Å². The molecule has 0 aliphatic heterocycles. The van der Waals surface area contributed by atoms with Crippen molar-refractivity contribution in [2.45, 2.75) is 32.6 Å². The second-order valence-corrected chi connectivity index (χ2v) is 5.34. The Morgan fingerprint density at radius 2 is 2.20 bits per heavy atom. The highest BCUT2D eigenvalue weighted by Crippen LogP contribution is 2.31. The van der Waals surface area contributed by atoms with Crippen molar-refractivity contribution in [3.8, 4) is 11.8 Å². The van der Waals surface area contributed by atoms with Gasteiger partial charge in [-0.3, -0.25) is 4.79 Å². The zero-order valence-corrected chi connectivity index (χ0v) is 12.2. The number of carbonyl (C=O) groups excluding carboxylic acids is 1. The van der Waals surface area contributed by atoms with Crippen LogP contribution in [-0.2, 0) is 10.2 Å². The largest absolute Gasteiger partial charge is 0.496 e. The Hall–Kier alpha value is -2.35. The lowest BCUT2D eigenvalue weighted by atomic mass is 9.85. The molecule has 0 bridgehead atoms. The van der Waals surface area contributed by atoms with Gasteiger partial charge in [0, 0.05) is 5.56 Å². The van der Waals surface area contributed by atoms with Crippen LogP contribution in [0.25, 0.3) is 0 Å². The highest BCUT2D eigenvalue weighted by molar-refractivity contribution is 5.83. The summed E-state index contributed by atoms with van der Waals surface area (Å²) < 4.78 is 5.35. The first-order valence-electron chi connectivity index (χ1n) is 6.26. The molecule has 0 radical (unpaired) electrons. The fourth-order valence-electron chi connectivity index (χ4n) is 1.68. The number of nitriles is 1. The first kappa shape index (κ1) is 15.7. The maximum atomic E-state index is 11.1. The van der Waals surface area contributed by atoms with E-state index in [2.05, 4.69) is 31.3 Å². The molecule has 5 nitrogen and oxygen atoms in total. The summed E-state index contributed by atoms with van der Waals surface area (Å²) in [6.45, 7) is 6.29. The number of amides is 1. The predicted molar refractivity (Wildman–Crippen MR) is 77.7 cm³/mol. The summed E-state index contributed by atoms with van der Waals surface area (Å²) in [5.74, 6) is 0.400. The molecule has 1 rings (SSSR count). The highest BCUT2D eigenvalue weighted by atomic mass is 16.5. The predicted octanol–water partition coefficient (Wildman–Crippen LogP) is 2.36. The molecule has 0 atom stereocenters. The van der Waals surface area contributed by atoms with Gasteiger partial charge in [-0.25, -0.2) is 5.43 Å². The van der Waals surface area contributed by atoms with E-state index in [0.717, 1.165) is 16.9 Å². The highest BCUT2D eigenvalue weighted by Gasteiger charge is 2.18. The van der Waals surface area contributed by atoms with Crippen molar-refractivity contribution < 1.29 is 9.53 Å². The lowest BCUT2D eigenvalue weighted by Gasteiger charge is -2.22. The molecule has 0 heterocycles. The Kier molecular flexibility index (Phi) is 5.27. The number of benzene rings is 1. The van der Waals surface area contributed by atoms with Gasteiger partial charge >= 0.3 is 0 Å². The molecule has 0 spiro atoms. The van der Waals surface area contributed by atoms with Gasteiger partial charge in [0.1, 0.15) is 12.2 Å². The lowest BCUT2D eigenvalue weighted by molar-refractivity contribution is -0.120. The summed E-state index contributed by atoms with van der Waals surface area (Å²) in [6, 6.07) is 7.46. The van der Waals surface area contributed by atoms with Gasteiger partial charge in [0.05, 0.1) is 19.4 Å². The monoisotopic (exact) mass is 273 g/mol. The number of hydrogen-bond acceptors (Lipinski definition) is 4. The van der Waals surface area contributed by atoms with E-state index in [1.54, 1.807) is 19.4 Å². The Morgan fingerprint density at radius 3 is 2.75 bits per heavy atom. The first-order valence-corrected chi connectivity index (χ1v) is 6.26. The van der Waals surface area contributed by atoms with Crippen molar-refractivity contribution in [1.29, 1.82) is 5.26 Å². The van der Waals surface area contributed by atoms with Crippen molar-refractivity contribution >= 4 is 12.1 Å². The molecule has 5 heteroatoms. The van der Waals surface area contributed by atoms with Crippen LogP contribution in [0.15, 0.2) is 23.3 Å². The minimum atomic E-state index is -0.423. The molecule has 0 unspecified atom stereocenters. The SMILES string of the molecule is COc1ccc(C=NNC(=O)CC#N)cc1C(C)(C)C. The third-order valence-corrected chi connectivity index (χ3v) is 2.67. The fourth-order valence-corrected chi connectivity index (χ4v) is 1.68. The van der Waals surface area contributed by atoms with Crippen molar-refractivity contribution in [1.82, 2.24) is 5.43 Å². The average molecular weight is 273 g/mol. The van der Waals surface area contributed by atoms with Crippen LogP contribution in [0, 0.1) is 11.3 Å². The molecule has 1 aromatic carbocycles. The molecule has 20 heavy (non-hydrogen) atoms.